The van der Waals surface area contributed by atoms with E-state index in [0.29, 0.717) is 16.6 Å². The minimum absolute atomic E-state index is 0.399. The number of hydrogen-bond acceptors (Lipinski definition) is 2. The Morgan fingerprint density at radius 1 is 1.29 bits per heavy atom. The minimum Gasteiger partial charge on any atom is -0.328 e. The molecule has 1 aromatic rings. The normalized spacial score (nSPS) is 24.3. The summed E-state index contributed by atoms with van der Waals surface area (Å²) in [6.45, 7) is 0. The van der Waals surface area contributed by atoms with Crippen LogP contribution in [-0.2, 0) is 6.42 Å². The van der Waals surface area contributed by atoms with Crippen molar-refractivity contribution < 1.29 is 0 Å². The average molecular weight is 249 g/mol. The van der Waals surface area contributed by atoms with E-state index in [-0.39, 0.29) is 0 Å². The zero-order chi connectivity index (χ0) is 12.3. The van der Waals surface area contributed by atoms with Gasteiger partial charge in [0.2, 0.25) is 0 Å². The molecule has 0 atom stereocenters. The van der Waals surface area contributed by atoms with Crippen molar-refractivity contribution in [1.82, 2.24) is 0 Å². The Balaban J connectivity index is 2.00. The highest BCUT2D eigenvalue weighted by atomic mass is 35.5. The molecule has 0 spiro atoms. The van der Waals surface area contributed by atoms with Crippen LogP contribution in [0.2, 0.25) is 5.02 Å². The van der Waals surface area contributed by atoms with E-state index in [4.69, 9.17) is 22.6 Å². The summed E-state index contributed by atoms with van der Waals surface area (Å²) in [6, 6.07) is 8.23. The molecule has 1 saturated carbocycles. The van der Waals surface area contributed by atoms with E-state index in [1.165, 1.54) is 18.4 Å². The van der Waals surface area contributed by atoms with Gasteiger partial charge in [-0.05, 0) is 55.7 Å². The number of nitrogens with two attached hydrogens (primary N) is 1. The second-order valence-corrected chi connectivity index (χ2v) is 5.32. The predicted octanol–water partition coefficient (Wildman–Crippen LogP) is 3.27. The summed E-state index contributed by atoms with van der Waals surface area (Å²) in [5.74, 6) is 0.721. The molecule has 0 aromatic heterocycles. The van der Waals surface area contributed by atoms with Gasteiger partial charge < -0.3 is 5.73 Å². The SMILES string of the molecule is N#Cc1ccc(CC2CCC(N)CC2)cc1Cl. The maximum atomic E-state index is 8.81. The van der Waals surface area contributed by atoms with E-state index in [2.05, 4.69) is 6.07 Å². The maximum Gasteiger partial charge on any atom is 0.101 e. The first kappa shape index (κ1) is 12.4. The Kier molecular flexibility index (Phi) is 4.04. The third-order valence-electron chi connectivity index (χ3n) is 3.57. The summed E-state index contributed by atoms with van der Waals surface area (Å²) in [7, 11) is 0. The molecule has 0 bridgehead atoms. The van der Waals surface area contributed by atoms with Crippen molar-refractivity contribution in [2.24, 2.45) is 11.7 Å². The Morgan fingerprint density at radius 2 is 2.00 bits per heavy atom. The summed E-state index contributed by atoms with van der Waals surface area (Å²) >= 11 is 6.03. The highest BCUT2D eigenvalue weighted by Crippen LogP contribution is 2.27. The van der Waals surface area contributed by atoms with Crippen LogP contribution in [0.15, 0.2) is 18.2 Å². The first-order chi connectivity index (χ1) is 8.19. The van der Waals surface area contributed by atoms with Crippen molar-refractivity contribution >= 4 is 11.6 Å². The van der Waals surface area contributed by atoms with E-state index >= 15 is 0 Å². The van der Waals surface area contributed by atoms with Gasteiger partial charge in [0.05, 0.1) is 10.6 Å². The molecule has 2 rings (SSSR count). The molecule has 0 heterocycles. The molecule has 1 aliphatic carbocycles. The molecule has 17 heavy (non-hydrogen) atoms. The van der Waals surface area contributed by atoms with Crippen LogP contribution < -0.4 is 5.73 Å². The van der Waals surface area contributed by atoms with Crippen molar-refractivity contribution in [1.29, 1.82) is 5.26 Å². The quantitative estimate of drug-likeness (QED) is 0.873. The van der Waals surface area contributed by atoms with Crippen LogP contribution in [0.4, 0.5) is 0 Å². The highest BCUT2D eigenvalue weighted by molar-refractivity contribution is 6.31. The fourth-order valence-electron chi connectivity index (χ4n) is 2.50. The Morgan fingerprint density at radius 3 is 2.59 bits per heavy atom. The van der Waals surface area contributed by atoms with Gasteiger partial charge >= 0.3 is 0 Å². The zero-order valence-electron chi connectivity index (χ0n) is 9.82. The lowest BCUT2D eigenvalue weighted by Crippen LogP contribution is -2.27. The van der Waals surface area contributed by atoms with Gasteiger partial charge in [-0.1, -0.05) is 17.7 Å². The number of halogens is 1. The highest BCUT2D eigenvalue weighted by Gasteiger charge is 2.18. The summed E-state index contributed by atoms with van der Waals surface area (Å²) in [4.78, 5) is 0. The number of benzene rings is 1. The van der Waals surface area contributed by atoms with Crippen LogP contribution in [0.3, 0.4) is 0 Å². The van der Waals surface area contributed by atoms with Crippen LogP contribution in [0.25, 0.3) is 0 Å². The van der Waals surface area contributed by atoms with Crippen molar-refractivity contribution in [3.63, 3.8) is 0 Å². The first-order valence-corrected chi connectivity index (χ1v) is 6.51. The Bertz CT molecular complexity index is 428. The molecule has 0 radical (unpaired) electrons. The molecule has 0 aliphatic heterocycles. The summed E-state index contributed by atoms with van der Waals surface area (Å²) in [5.41, 5.74) is 7.68. The number of nitrogens with zero attached hydrogens (tertiary/aromatic N) is 1. The second kappa shape index (κ2) is 5.53. The summed E-state index contributed by atoms with van der Waals surface area (Å²) < 4.78 is 0. The molecule has 1 aliphatic rings. The lowest BCUT2D eigenvalue weighted by Gasteiger charge is -2.26. The first-order valence-electron chi connectivity index (χ1n) is 6.13. The van der Waals surface area contributed by atoms with Crippen LogP contribution in [0, 0.1) is 17.2 Å². The predicted molar refractivity (Wildman–Crippen MR) is 69.8 cm³/mol. The van der Waals surface area contributed by atoms with E-state index in [1.807, 2.05) is 18.2 Å². The van der Waals surface area contributed by atoms with Gasteiger partial charge in [-0.15, -0.1) is 0 Å². The van der Waals surface area contributed by atoms with Gasteiger partial charge in [0.25, 0.3) is 0 Å². The summed E-state index contributed by atoms with van der Waals surface area (Å²) in [6.07, 6.45) is 5.74. The molecule has 0 amide bonds. The number of hydrogen-bond donors (Lipinski definition) is 1. The molecule has 2 N–H and O–H groups in total. The van der Waals surface area contributed by atoms with E-state index in [1.54, 1.807) is 0 Å². The van der Waals surface area contributed by atoms with Crippen molar-refractivity contribution in [3.8, 4) is 6.07 Å². The second-order valence-electron chi connectivity index (χ2n) is 4.91. The van der Waals surface area contributed by atoms with Crippen molar-refractivity contribution in [2.75, 3.05) is 0 Å². The van der Waals surface area contributed by atoms with Gasteiger partial charge in [0.15, 0.2) is 0 Å². The van der Waals surface area contributed by atoms with Crippen molar-refractivity contribution in [2.45, 2.75) is 38.1 Å². The van der Waals surface area contributed by atoms with E-state index in [9.17, 15) is 0 Å². The minimum atomic E-state index is 0.399. The molecule has 90 valence electrons. The third kappa shape index (κ3) is 3.21. The average Bonchev–Trinajstić information content (AvgIpc) is 2.32. The molecule has 0 saturated heterocycles. The zero-order valence-corrected chi connectivity index (χ0v) is 10.6. The standard InChI is InChI=1S/C14H17ClN2/c15-14-8-11(1-4-12(14)9-16)7-10-2-5-13(17)6-3-10/h1,4,8,10,13H,2-3,5-7,17H2. The third-order valence-corrected chi connectivity index (χ3v) is 3.88. The van der Waals surface area contributed by atoms with Crippen LogP contribution >= 0.6 is 11.6 Å². The molecule has 1 fully saturated rings. The fraction of sp³-hybridized carbons (Fsp3) is 0.500. The fourth-order valence-corrected chi connectivity index (χ4v) is 2.75. The number of nitriles is 1. The monoisotopic (exact) mass is 248 g/mol. The van der Waals surface area contributed by atoms with Gasteiger partial charge in [0.1, 0.15) is 6.07 Å². The lowest BCUT2D eigenvalue weighted by atomic mass is 9.83. The van der Waals surface area contributed by atoms with Crippen molar-refractivity contribution in [3.05, 3.63) is 34.3 Å². The lowest BCUT2D eigenvalue weighted by molar-refractivity contribution is 0.325. The van der Waals surface area contributed by atoms with E-state index < -0.39 is 0 Å². The van der Waals surface area contributed by atoms with Gasteiger partial charge in [-0.25, -0.2) is 0 Å². The topological polar surface area (TPSA) is 49.8 Å². The van der Waals surface area contributed by atoms with Crippen LogP contribution in [0.1, 0.15) is 36.8 Å². The number of rotatable bonds is 2. The summed E-state index contributed by atoms with van der Waals surface area (Å²) in [5, 5.41) is 9.38. The molecule has 1 aromatic carbocycles. The van der Waals surface area contributed by atoms with Gasteiger partial charge in [0, 0.05) is 6.04 Å². The largest absolute Gasteiger partial charge is 0.328 e. The van der Waals surface area contributed by atoms with Crippen LogP contribution in [0.5, 0.6) is 0 Å². The maximum absolute atomic E-state index is 8.81. The Hall–Kier alpha value is -1.04. The van der Waals surface area contributed by atoms with Crippen LogP contribution in [-0.4, -0.2) is 6.04 Å². The molecule has 0 unspecified atom stereocenters. The molecule has 3 heteroatoms. The van der Waals surface area contributed by atoms with Gasteiger partial charge in [-0.3, -0.25) is 0 Å². The molecule has 2 nitrogen and oxygen atoms in total. The molecular weight excluding hydrogens is 232 g/mol. The molecular formula is C14H17ClN2. The van der Waals surface area contributed by atoms with E-state index in [0.717, 1.165) is 25.2 Å². The van der Waals surface area contributed by atoms with Gasteiger partial charge in [-0.2, -0.15) is 5.26 Å². The smallest absolute Gasteiger partial charge is 0.101 e. The Labute approximate surface area is 107 Å².